The van der Waals surface area contributed by atoms with Crippen molar-refractivity contribution < 1.29 is 14.3 Å². The number of carbonyl (C=O) groups excluding carboxylic acids is 1. The van der Waals surface area contributed by atoms with Crippen LogP contribution in [-0.4, -0.2) is 49.4 Å². The number of anilines is 1. The Bertz CT molecular complexity index is 812. The van der Waals surface area contributed by atoms with E-state index < -0.39 is 11.9 Å². The Labute approximate surface area is 152 Å². The smallest absolute Gasteiger partial charge is 0.329 e. The van der Waals surface area contributed by atoms with Gasteiger partial charge in [0.25, 0.3) is 0 Å². The number of carbonyl (C=O) groups is 1. The highest BCUT2D eigenvalue weighted by Crippen LogP contribution is 2.29. The van der Waals surface area contributed by atoms with Crippen LogP contribution in [0.25, 0.3) is 11.0 Å². The second-order valence-corrected chi connectivity index (χ2v) is 6.19. The lowest BCUT2D eigenvalue weighted by Crippen LogP contribution is -2.32. The Morgan fingerprint density at radius 1 is 1.19 bits per heavy atom. The molecule has 1 aliphatic heterocycles. The fourth-order valence-electron chi connectivity index (χ4n) is 3.07. The third-order valence-electron chi connectivity index (χ3n) is 4.40. The lowest BCUT2D eigenvalue weighted by atomic mass is 10.0. The molecule has 2 heterocycles. The van der Waals surface area contributed by atoms with Gasteiger partial charge in [0.05, 0.1) is 23.7 Å². The monoisotopic (exact) mass is 354 g/mol. The number of aromatic nitrogens is 2. The molecule has 0 radical (unpaired) electrons. The maximum absolute atomic E-state index is 12.4. The molecule has 2 aromatic rings. The second kappa shape index (κ2) is 8.59. The third kappa shape index (κ3) is 3.92. The molecule has 0 N–H and O–H groups in total. The molecule has 1 aliphatic rings. The zero-order valence-electron chi connectivity index (χ0n) is 14.9. The summed E-state index contributed by atoms with van der Waals surface area (Å²) in [5, 5.41) is 9.63. The Hall–Kier alpha value is -2.72. The number of benzene rings is 1. The topological polar surface area (TPSA) is 88.3 Å². The van der Waals surface area contributed by atoms with Gasteiger partial charge in [-0.15, -0.1) is 0 Å². The van der Waals surface area contributed by atoms with Crippen molar-refractivity contribution in [3.63, 3.8) is 0 Å². The lowest BCUT2D eigenvalue weighted by molar-refractivity contribution is -0.145. The Morgan fingerprint density at radius 2 is 1.88 bits per heavy atom. The van der Waals surface area contributed by atoms with Crippen LogP contribution in [-0.2, 0) is 14.3 Å². The predicted molar refractivity (Wildman–Crippen MR) is 96.8 cm³/mol. The molecule has 1 aromatic carbocycles. The van der Waals surface area contributed by atoms with E-state index in [1.165, 1.54) is 13.5 Å². The summed E-state index contributed by atoms with van der Waals surface area (Å²) >= 11 is 0. The first-order valence-corrected chi connectivity index (χ1v) is 8.81. The van der Waals surface area contributed by atoms with Crippen molar-refractivity contribution in [3.8, 4) is 6.07 Å². The molecule has 1 saturated heterocycles. The van der Waals surface area contributed by atoms with Gasteiger partial charge in [-0.05, 0) is 31.4 Å². The van der Waals surface area contributed by atoms with Crippen LogP contribution >= 0.6 is 0 Å². The number of hydrogen-bond acceptors (Lipinski definition) is 7. The molecule has 0 spiro atoms. The standard InChI is InChI=1S/C19H22N4O3/c1-25-11-12-26-19(24)14(13-20)17-18(23-9-5-2-6-10-23)22-16-8-4-3-7-15(16)21-17/h3-4,7-8,14H,2,5-6,9-12H2,1H3/t14-/m1/s1. The lowest BCUT2D eigenvalue weighted by Gasteiger charge is -2.29. The van der Waals surface area contributed by atoms with E-state index in [4.69, 9.17) is 14.5 Å². The highest BCUT2D eigenvalue weighted by atomic mass is 16.6. The summed E-state index contributed by atoms with van der Waals surface area (Å²) in [6, 6.07) is 9.52. The van der Waals surface area contributed by atoms with Crippen LogP contribution in [0.5, 0.6) is 0 Å². The number of esters is 1. The van der Waals surface area contributed by atoms with Gasteiger partial charge >= 0.3 is 5.97 Å². The highest BCUT2D eigenvalue weighted by molar-refractivity contribution is 5.85. The third-order valence-corrected chi connectivity index (χ3v) is 4.40. The van der Waals surface area contributed by atoms with Crippen molar-refractivity contribution >= 4 is 22.8 Å². The van der Waals surface area contributed by atoms with Crippen LogP contribution in [0.15, 0.2) is 24.3 Å². The first-order chi connectivity index (χ1) is 12.7. The molecule has 0 saturated carbocycles. The Balaban J connectivity index is 2.00. The molecule has 1 fully saturated rings. The molecule has 0 unspecified atom stereocenters. The molecule has 136 valence electrons. The molecule has 7 heteroatoms. The summed E-state index contributed by atoms with van der Waals surface area (Å²) in [7, 11) is 1.53. The first kappa shape index (κ1) is 18.1. The minimum atomic E-state index is -1.11. The Kier molecular flexibility index (Phi) is 5.97. The number of fused-ring (bicyclic) bond motifs is 1. The molecule has 0 amide bonds. The van der Waals surface area contributed by atoms with Crippen LogP contribution in [0, 0.1) is 11.3 Å². The normalized spacial score (nSPS) is 15.5. The maximum atomic E-state index is 12.4. The van der Waals surface area contributed by atoms with Crippen molar-refractivity contribution in [2.45, 2.75) is 25.2 Å². The Morgan fingerprint density at radius 3 is 2.54 bits per heavy atom. The quantitative estimate of drug-likeness (QED) is 0.581. The molecular weight excluding hydrogens is 332 g/mol. The van der Waals surface area contributed by atoms with E-state index in [1.54, 1.807) is 0 Å². The summed E-state index contributed by atoms with van der Waals surface area (Å²) < 4.78 is 10.1. The zero-order chi connectivity index (χ0) is 18.4. The van der Waals surface area contributed by atoms with E-state index in [9.17, 15) is 10.1 Å². The highest BCUT2D eigenvalue weighted by Gasteiger charge is 2.30. The molecule has 26 heavy (non-hydrogen) atoms. The molecule has 1 aromatic heterocycles. The van der Waals surface area contributed by atoms with E-state index in [0.717, 1.165) is 31.4 Å². The summed E-state index contributed by atoms with van der Waals surface area (Å²) in [6.45, 7) is 2.08. The number of nitriles is 1. The number of ether oxygens (including phenoxy) is 2. The van der Waals surface area contributed by atoms with Crippen LogP contribution in [0.3, 0.4) is 0 Å². The van der Waals surface area contributed by atoms with Crippen molar-refractivity contribution in [2.24, 2.45) is 0 Å². The van der Waals surface area contributed by atoms with E-state index in [0.29, 0.717) is 17.0 Å². The summed E-state index contributed by atoms with van der Waals surface area (Å²) in [5.74, 6) is -1.12. The molecule has 3 rings (SSSR count). The van der Waals surface area contributed by atoms with Crippen molar-refractivity contribution in [1.82, 2.24) is 9.97 Å². The first-order valence-electron chi connectivity index (χ1n) is 8.81. The number of para-hydroxylation sites is 2. The van der Waals surface area contributed by atoms with Crippen LogP contribution in [0.2, 0.25) is 0 Å². The maximum Gasteiger partial charge on any atom is 0.329 e. The molecule has 0 aliphatic carbocycles. The minimum absolute atomic E-state index is 0.105. The van der Waals surface area contributed by atoms with Crippen LogP contribution in [0.1, 0.15) is 30.9 Å². The van der Waals surface area contributed by atoms with Gasteiger partial charge in [0.15, 0.2) is 11.7 Å². The van der Waals surface area contributed by atoms with Gasteiger partial charge in [0.1, 0.15) is 12.3 Å². The van der Waals surface area contributed by atoms with Crippen LogP contribution < -0.4 is 4.90 Å². The van der Waals surface area contributed by atoms with Gasteiger partial charge in [-0.1, -0.05) is 12.1 Å². The summed E-state index contributed by atoms with van der Waals surface area (Å²) in [6.07, 6.45) is 3.29. The van der Waals surface area contributed by atoms with E-state index in [1.807, 2.05) is 30.3 Å². The van der Waals surface area contributed by atoms with E-state index >= 15 is 0 Å². The van der Waals surface area contributed by atoms with Gasteiger partial charge in [-0.3, -0.25) is 4.79 Å². The molecular formula is C19H22N4O3. The van der Waals surface area contributed by atoms with Gasteiger partial charge in [-0.25, -0.2) is 9.97 Å². The van der Waals surface area contributed by atoms with Crippen molar-refractivity contribution in [3.05, 3.63) is 30.0 Å². The molecule has 1 atom stereocenters. The van der Waals surface area contributed by atoms with Gasteiger partial charge in [0.2, 0.25) is 0 Å². The average molecular weight is 354 g/mol. The summed E-state index contributed by atoms with van der Waals surface area (Å²) in [5.41, 5.74) is 1.78. The fourth-order valence-corrected chi connectivity index (χ4v) is 3.07. The number of methoxy groups -OCH3 is 1. The van der Waals surface area contributed by atoms with Gasteiger partial charge in [-0.2, -0.15) is 5.26 Å². The average Bonchev–Trinajstić information content (AvgIpc) is 2.69. The van der Waals surface area contributed by atoms with Crippen LogP contribution in [0.4, 0.5) is 5.82 Å². The summed E-state index contributed by atoms with van der Waals surface area (Å²) in [4.78, 5) is 23.9. The second-order valence-electron chi connectivity index (χ2n) is 6.19. The minimum Gasteiger partial charge on any atom is -0.462 e. The molecule has 0 bridgehead atoms. The largest absolute Gasteiger partial charge is 0.462 e. The fraction of sp³-hybridized carbons (Fsp3) is 0.474. The van der Waals surface area contributed by atoms with E-state index in [-0.39, 0.29) is 13.2 Å². The number of nitrogens with zero attached hydrogens (tertiary/aromatic N) is 4. The number of rotatable bonds is 6. The number of hydrogen-bond donors (Lipinski definition) is 0. The number of piperidine rings is 1. The van der Waals surface area contributed by atoms with Gasteiger partial charge in [0, 0.05) is 20.2 Å². The predicted octanol–water partition coefficient (Wildman–Crippen LogP) is 2.42. The molecule has 7 nitrogen and oxygen atoms in total. The van der Waals surface area contributed by atoms with Gasteiger partial charge < -0.3 is 14.4 Å². The van der Waals surface area contributed by atoms with E-state index in [2.05, 4.69) is 9.88 Å². The SMILES string of the molecule is COCCOC(=O)[C@H](C#N)c1nc2ccccc2nc1N1CCCCC1. The zero-order valence-corrected chi connectivity index (χ0v) is 14.9. The van der Waals surface area contributed by atoms with Crippen molar-refractivity contribution in [1.29, 1.82) is 5.26 Å². The van der Waals surface area contributed by atoms with Crippen molar-refractivity contribution in [2.75, 3.05) is 38.3 Å².